The van der Waals surface area contributed by atoms with Gasteiger partial charge in [-0.25, -0.2) is 0 Å². The number of aliphatic hydroxyl groups excluding tert-OH is 1. The SMILES string of the molecule is O=CNCCOCCO.[HH]. The second-order valence-corrected chi connectivity index (χ2v) is 1.41. The maximum absolute atomic E-state index is 9.62. The minimum Gasteiger partial charge on any atom is -0.394 e. The van der Waals surface area contributed by atoms with E-state index in [4.69, 9.17) is 9.84 Å². The van der Waals surface area contributed by atoms with Gasteiger partial charge in [0.05, 0.1) is 19.8 Å². The molecule has 9 heavy (non-hydrogen) atoms. The Labute approximate surface area is 55.3 Å². The van der Waals surface area contributed by atoms with Crippen molar-refractivity contribution < 1.29 is 16.1 Å². The Kier molecular flexibility index (Phi) is 6.89. The topological polar surface area (TPSA) is 58.6 Å². The van der Waals surface area contributed by atoms with Crippen molar-refractivity contribution in [1.82, 2.24) is 5.32 Å². The molecular formula is C5H13NO3. The number of hydrogen-bond acceptors (Lipinski definition) is 3. The molecule has 4 nitrogen and oxygen atoms in total. The first-order chi connectivity index (χ1) is 4.41. The lowest BCUT2D eigenvalue weighted by Crippen LogP contribution is -2.18. The van der Waals surface area contributed by atoms with E-state index >= 15 is 0 Å². The van der Waals surface area contributed by atoms with Crippen LogP contribution in [-0.2, 0) is 9.53 Å². The molecule has 0 aromatic rings. The Balaban J connectivity index is 0. The van der Waals surface area contributed by atoms with Gasteiger partial charge in [-0.3, -0.25) is 4.79 Å². The molecule has 2 N–H and O–H groups in total. The van der Waals surface area contributed by atoms with E-state index < -0.39 is 0 Å². The average molecular weight is 135 g/mol. The van der Waals surface area contributed by atoms with Crippen LogP contribution < -0.4 is 5.32 Å². The molecule has 0 aliphatic heterocycles. The van der Waals surface area contributed by atoms with Gasteiger partial charge in [0.2, 0.25) is 6.41 Å². The summed E-state index contributed by atoms with van der Waals surface area (Å²) in [7, 11) is 0. The Morgan fingerprint density at radius 1 is 1.67 bits per heavy atom. The third-order valence-corrected chi connectivity index (χ3v) is 0.710. The molecule has 0 bridgehead atoms. The molecule has 56 valence electrons. The quantitative estimate of drug-likeness (QED) is 0.362. The van der Waals surface area contributed by atoms with Gasteiger partial charge in [0.25, 0.3) is 0 Å². The molecule has 0 aliphatic rings. The van der Waals surface area contributed by atoms with Crippen molar-refractivity contribution in [2.75, 3.05) is 26.4 Å². The molecule has 0 atom stereocenters. The van der Waals surface area contributed by atoms with Gasteiger partial charge in [-0.15, -0.1) is 0 Å². The second-order valence-electron chi connectivity index (χ2n) is 1.41. The van der Waals surface area contributed by atoms with Crippen LogP contribution >= 0.6 is 0 Å². The third kappa shape index (κ3) is 7.39. The summed E-state index contributed by atoms with van der Waals surface area (Å²) in [5.41, 5.74) is 0. The van der Waals surface area contributed by atoms with Crippen molar-refractivity contribution in [3.63, 3.8) is 0 Å². The number of aliphatic hydroxyl groups is 1. The first-order valence-corrected chi connectivity index (χ1v) is 2.77. The summed E-state index contributed by atoms with van der Waals surface area (Å²) >= 11 is 0. The van der Waals surface area contributed by atoms with E-state index in [0.29, 0.717) is 26.2 Å². The van der Waals surface area contributed by atoms with Crippen LogP contribution in [0.15, 0.2) is 0 Å². The summed E-state index contributed by atoms with van der Waals surface area (Å²) in [5, 5.41) is 10.6. The fourth-order valence-electron chi connectivity index (χ4n) is 0.357. The lowest BCUT2D eigenvalue weighted by atomic mass is 10.7. The van der Waals surface area contributed by atoms with Crippen molar-refractivity contribution >= 4 is 6.41 Å². The summed E-state index contributed by atoms with van der Waals surface area (Å²) in [6.07, 6.45) is 0.613. The highest BCUT2D eigenvalue weighted by Crippen LogP contribution is 1.68. The third-order valence-electron chi connectivity index (χ3n) is 0.710. The monoisotopic (exact) mass is 135 g/mol. The zero-order valence-electron chi connectivity index (χ0n) is 5.17. The van der Waals surface area contributed by atoms with Gasteiger partial charge in [-0.05, 0) is 0 Å². The first-order valence-electron chi connectivity index (χ1n) is 2.77. The number of carbonyl (C=O) groups excluding carboxylic acids is 1. The number of amides is 1. The van der Waals surface area contributed by atoms with Crippen molar-refractivity contribution in [3.8, 4) is 0 Å². The van der Waals surface area contributed by atoms with Gasteiger partial charge in [-0.2, -0.15) is 0 Å². The van der Waals surface area contributed by atoms with Crippen LogP contribution in [-0.4, -0.2) is 37.9 Å². The molecule has 0 aliphatic carbocycles. The minimum absolute atomic E-state index is 0. The smallest absolute Gasteiger partial charge is 0.207 e. The van der Waals surface area contributed by atoms with Gasteiger partial charge in [0, 0.05) is 7.97 Å². The van der Waals surface area contributed by atoms with E-state index in [2.05, 4.69) is 5.32 Å². The molecular weight excluding hydrogens is 122 g/mol. The molecule has 1 amide bonds. The van der Waals surface area contributed by atoms with Crippen LogP contribution in [0.1, 0.15) is 1.43 Å². The normalized spacial score (nSPS) is 9.00. The van der Waals surface area contributed by atoms with Gasteiger partial charge >= 0.3 is 0 Å². The van der Waals surface area contributed by atoms with Gasteiger partial charge in [0.1, 0.15) is 0 Å². The van der Waals surface area contributed by atoms with Crippen LogP contribution in [0.2, 0.25) is 0 Å². The van der Waals surface area contributed by atoms with Crippen LogP contribution in [0.3, 0.4) is 0 Å². The predicted octanol–water partition coefficient (Wildman–Crippen LogP) is -1.01. The van der Waals surface area contributed by atoms with Crippen molar-refractivity contribution in [3.05, 3.63) is 0 Å². The highest BCUT2D eigenvalue weighted by molar-refractivity contribution is 5.45. The molecule has 4 heteroatoms. The molecule has 0 saturated carbocycles. The summed E-state index contributed by atoms with van der Waals surface area (Å²) in [5.74, 6) is 0. The molecule has 0 fully saturated rings. The van der Waals surface area contributed by atoms with Crippen LogP contribution in [0.25, 0.3) is 0 Å². The van der Waals surface area contributed by atoms with Crippen LogP contribution in [0.5, 0.6) is 0 Å². The number of rotatable bonds is 6. The zero-order valence-corrected chi connectivity index (χ0v) is 5.17. The Morgan fingerprint density at radius 3 is 3.00 bits per heavy atom. The summed E-state index contributed by atoms with van der Waals surface area (Å²) < 4.78 is 4.81. The summed E-state index contributed by atoms with van der Waals surface area (Å²) in [6.45, 7) is 1.32. The van der Waals surface area contributed by atoms with E-state index in [1.807, 2.05) is 0 Å². The molecule has 0 aromatic carbocycles. The molecule has 0 heterocycles. The van der Waals surface area contributed by atoms with E-state index in [9.17, 15) is 4.79 Å². The molecule has 0 rings (SSSR count). The largest absolute Gasteiger partial charge is 0.394 e. The molecule has 0 unspecified atom stereocenters. The maximum atomic E-state index is 9.62. The maximum Gasteiger partial charge on any atom is 0.207 e. The number of ether oxygens (including phenoxy) is 1. The van der Waals surface area contributed by atoms with Gasteiger partial charge in [-0.1, -0.05) is 0 Å². The van der Waals surface area contributed by atoms with Crippen LogP contribution in [0, 0.1) is 0 Å². The standard InChI is InChI=1S/C5H11NO3.H2/c7-2-4-9-3-1-6-5-8;/h5,7H,1-4H2,(H,6,8);1H. The molecule has 0 aromatic heterocycles. The highest BCUT2D eigenvalue weighted by Gasteiger charge is 1.83. The van der Waals surface area contributed by atoms with E-state index in [-0.39, 0.29) is 8.03 Å². The van der Waals surface area contributed by atoms with Crippen molar-refractivity contribution in [2.45, 2.75) is 0 Å². The van der Waals surface area contributed by atoms with E-state index in [1.165, 1.54) is 0 Å². The van der Waals surface area contributed by atoms with Gasteiger partial charge < -0.3 is 15.2 Å². The van der Waals surface area contributed by atoms with Gasteiger partial charge in [0.15, 0.2) is 0 Å². The first kappa shape index (κ1) is 8.39. The number of carbonyl (C=O) groups is 1. The molecule has 0 radical (unpaired) electrons. The lowest BCUT2D eigenvalue weighted by Gasteiger charge is -1.98. The Bertz CT molecular complexity index is 71.9. The minimum atomic E-state index is 0. The summed E-state index contributed by atoms with van der Waals surface area (Å²) in [6, 6.07) is 0. The Morgan fingerprint density at radius 2 is 2.44 bits per heavy atom. The number of hydrogen-bond donors (Lipinski definition) is 2. The average Bonchev–Trinajstić information content (AvgIpc) is 1.89. The predicted molar refractivity (Wildman–Crippen MR) is 34.1 cm³/mol. The van der Waals surface area contributed by atoms with Crippen molar-refractivity contribution in [2.24, 2.45) is 0 Å². The Hall–Kier alpha value is -0.610. The zero-order chi connectivity index (χ0) is 6.95. The molecule has 0 spiro atoms. The number of nitrogens with one attached hydrogen (secondary N) is 1. The van der Waals surface area contributed by atoms with Crippen molar-refractivity contribution in [1.29, 1.82) is 0 Å². The fourth-order valence-corrected chi connectivity index (χ4v) is 0.357. The molecule has 0 saturated heterocycles. The summed E-state index contributed by atoms with van der Waals surface area (Å²) in [4.78, 5) is 9.62. The fraction of sp³-hybridized carbons (Fsp3) is 0.800. The second kappa shape index (κ2) is 7.39. The highest BCUT2D eigenvalue weighted by atomic mass is 16.5. The van der Waals surface area contributed by atoms with Crippen LogP contribution in [0.4, 0.5) is 0 Å². The van der Waals surface area contributed by atoms with E-state index in [1.54, 1.807) is 0 Å². The lowest BCUT2D eigenvalue weighted by molar-refractivity contribution is -0.109. The van der Waals surface area contributed by atoms with E-state index in [0.717, 1.165) is 0 Å².